The number of hydrogen-bond acceptors (Lipinski definition) is 3. The first-order valence-electron chi connectivity index (χ1n) is 10.6. The highest BCUT2D eigenvalue weighted by atomic mass is 35.5. The number of nitrogens with zero attached hydrogens (tertiary/aromatic N) is 2. The third-order valence-electron chi connectivity index (χ3n) is 5.73. The van der Waals surface area contributed by atoms with Gasteiger partial charge in [0.1, 0.15) is 6.04 Å². The second-order valence-electron chi connectivity index (χ2n) is 8.36. The normalized spacial score (nSPS) is 16.2. The molecule has 5 nitrogen and oxygen atoms in total. The molecular weight excluding hydrogens is 433 g/mol. The van der Waals surface area contributed by atoms with E-state index < -0.39 is 6.04 Å². The SMILES string of the molecule is CC(C)N(C)Cc1ccc(CNC(=O)[C@@H]2CCCN2C(=O)c2cc(Cl)cc(Cl)c2)cc1. The van der Waals surface area contributed by atoms with Gasteiger partial charge in [-0.25, -0.2) is 0 Å². The van der Waals surface area contributed by atoms with Crippen molar-refractivity contribution in [2.45, 2.75) is 51.9 Å². The zero-order chi connectivity index (χ0) is 22.5. The summed E-state index contributed by atoms with van der Waals surface area (Å²) in [6, 6.07) is 13.0. The molecule has 1 aliphatic rings. The molecule has 1 atom stereocenters. The molecule has 0 unspecified atom stereocenters. The fourth-order valence-electron chi connectivity index (χ4n) is 3.67. The number of hydrogen-bond donors (Lipinski definition) is 1. The number of halogens is 2. The molecule has 0 aliphatic carbocycles. The summed E-state index contributed by atoms with van der Waals surface area (Å²) in [6.07, 6.45) is 1.43. The minimum atomic E-state index is -0.482. The van der Waals surface area contributed by atoms with Crippen molar-refractivity contribution in [3.8, 4) is 0 Å². The third-order valence-corrected chi connectivity index (χ3v) is 6.17. The molecule has 1 aliphatic heterocycles. The molecular formula is C24H29Cl2N3O2. The van der Waals surface area contributed by atoms with Crippen LogP contribution in [0.25, 0.3) is 0 Å². The smallest absolute Gasteiger partial charge is 0.254 e. The van der Waals surface area contributed by atoms with Gasteiger partial charge in [0, 0.05) is 41.3 Å². The van der Waals surface area contributed by atoms with Crippen molar-refractivity contribution in [3.05, 3.63) is 69.2 Å². The molecule has 31 heavy (non-hydrogen) atoms. The largest absolute Gasteiger partial charge is 0.350 e. The van der Waals surface area contributed by atoms with Crippen molar-refractivity contribution in [1.82, 2.24) is 15.1 Å². The monoisotopic (exact) mass is 461 g/mol. The fourth-order valence-corrected chi connectivity index (χ4v) is 4.19. The Balaban J connectivity index is 1.59. The topological polar surface area (TPSA) is 52.7 Å². The van der Waals surface area contributed by atoms with Crippen LogP contribution in [0.2, 0.25) is 10.0 Å². The van der Waals surface area contributed by atoms with E-state index in [1.165, 1.54) is 5.56 Å². The maximum Gasteiger partial charge on any atom is 0.254 e. The van der Waals surface area contributed by atoms with Gasteiger partial charge < -0.3 is 10.2 Å². The molecule has 0 saturated carbocycles. The van der Waals surface area contributed by atoms with E-state index in [4.69, 9.17) is 23.2 Å². The van der Waals surface area contributed by atoms with E-state index in [0.717, 1.165) is 18.5 Å². The Bertz CT molecular complexity index is 911. The van der Waals surface area contributed by atoms with Gasteiger partial charge in [0.05, 0.1) is 0 Å². The van der Waals surface area contributed by atoms with E-state index in [1.807, 2.05) is 12.1 Å². The zero-order valence-corrected chi connectivity index (χ0v) is 19.7. The van der Waals surface area contributed by atoms with Gasteiger partial charge >= 0.3 is 0 Å². The molecule has 0 radical (unpaired) electrons. The lowest BCUT2D eigenvalue weighted by Crippen LogP contribution is -2.45. The van der Waals surface area contributed by atoms with Crippen molar-refractivity contribution in [1.29, 1.82) is 0 Å². The van der Waals surface area contributed by atoms with Gasteiger partial charge in [-0.3, -0.25) is 14.5 Å². The molecule has 166 valence electrons. The van der Waals surface area contributed by atoms with E-state index >= 15 is 0 Å². The molecule has 2 aromatic carbocycles. The van der Waals surface area contributed by atoms with Crippen LogP contribution in [0, 0.1) is 0 Å². The average Bonchev–Trinajstić information content (AvgIpc) is 3.21. The van der Waals surface area contributed by atoms with Crippen LogP contribution in [0.1, 0.15) is 48.2 Å². The van der Waals surface area contributed by atoms with Gasteiger partial charge in [0.25, 0.3) is 5.91 Å². The minimum absolute atomic E-state index is 0.136. The van der Waals surface area contributed by atoms with Gasteiger partial charge in [-0.1, -0.05) is 47.5 Å². The molecule has 1 saturated heterocycles. The second kappa shape index (κ2) is 10.5. The van der Waals surface area contributed by atoms with Crippen LogP contribution in [0.5, 0.6) is 0 Å². The van der Waals surface area contributed by atoms with E-state index in [0.29, 0.717) is 41.2 Å². The molecule has 1 heterocycles. The Morgan fingerprint density at radius 2 is 1.71 bits per heavy atom. The molecule has 1 fully saturated rings. The number of benzene rings is 2. The first kappa shape index (κ1) is 23.6. The van der Waals surface area contributed by atoms with Crippen molar-refractivity contribution >= 4 is 35.0 Å². The predicted octanol–water partition coefficient (Wildman–Crippen LogP) is 4.75. The fraction of sp³-hybridized carbons (Fsp3) is 0.417. The Kier molecular flexibility index (Phi) is 7.98. The maximum atomic E-state index is 12.9. The van der Waals surface area contributed by atoms with Crippen LogP contribution in [0.3, 0.4) is 0 Å². The van der Waals surface area contributed by atoms with Crippen molar-refractivity contribution in [3.63, 3.8) is 0 Å². The standard InChI is InChI=1S/C24H29Cl2N3O2/c1-16(2)28(3)15-18-8-6-17(7-9-18)14-27-23(30)22-5-4-10-29(22)24(31)19-11-20(25)13-21(26)12-19/h6-9,11-13,16,22H,4-5,10,14-15H2,1-3H3,(H,27,30)/t22-/m0/s1. The first-order valence-corrected chi connectivity index (χ1v) is 11.3. The zero-order valence-electron chi connectivity index (χ0n) is 18.2. The molecule has 2 amide bonds. The van der Waals surface area contributed by atoms with Crippen LogP contribution >= 0.6 is 23.2 Å². The van der Waals surface area contributed by atoms with Crippen molar-refractivity contribution < 1.29 is 9.59 Å². The molecule has 1 N–H and O–H groups in total. The summed E-state index contributed by atoms with van der Waals surface area (Å²) in [5, 5.41) is 3.79. The predicted molar refractivity (Wildman–Crippen MR) is 125 cm³/mol. The van der Waals surface area contributed by atoms with Gasteiger partial charge in [0.2, 0.25) is 5.91 Å². The summed E-state index contributed by atoms with van der Waals surface area (Å²) in [5.41, 5.74) is 2.67. The number of likely N-dealkylation sites (tertiary alicyclic amines) is 1. The van der Waals surface area contributed by atoms with E-state index in [-0.39, 0.29) is 11.8 Å². The summed E-state index contributed by atoms with van der Waals surface area (Å²) in [6.45, 7) is 6.20. The van der Waals surface area contributed by atoms with Gasteiger partial charge in [0.15, 0.2) is 0 Å². The lowest BCUT2D eigenvalue weighted by molar-refractivity contribution is -0.125. The first-order chi connectivity index (χ1) is 14.7. The van der Waals surface area contributed by atoms with Gasteiger partial charge in [-0.05, 0) is 63.1 Å². The summed E-state index contributed by atoms with van der Waals surface area (Å²) in [4.78, 5) is 29.6. The Labute approximate surface area is 194 Å². The minimum Gasteiger partial charge on any atom is -0.350 e. The number of rotatable bonds is 7. The molecule has 0 aromatic heterocycles. The molecule has 3 rings (SSSR count). The average molecular weight is 462 g/mol. The molecule has 7 heteroatoms. The van der Waals surface area contributed by atoms with E-state index in [1.54, 1.807) is 23.1 Å². The van der Waals surface area contributed by atoms with Crippen molar-refractivity contribution in [2.75, 3.05) is 13.6 Å². The highest BCUT2D eigenvalue weighted by Gasteiger charge is 2.34. The Hall–Kier alpha value is -2.08. The molecule has 2 aromatic rings. The highest BCUT2D eigenvalue weighted by Crippen LogP contribution is 2.24. The number of amides is 2. The van der Waals surface area contributed by atoms with Crippen LogP contribution in [-0.4, -0.2) is 47.3 Å². The Morgan fingerprint density at radius 1 is 1.10 bits per heavy atom. The van der Waals surface area contributed by atoms with E-state index in [9.17, 15) is 9.59 Å². The quantitative estimate of drug-likeness (QED) is 0.646. The summed E-state index contributed by atoms with van der Waals surface area (Å²) >= 11 is 12.1. The van der Waals surface area contributed by atoms with Crippen molar-refractivity contribution in [2.24, 2.45) is 0 Å². The van der Waals surface area contributed by atoms with Crippen LogP contribution in [0.4, 0.5) is 0 Å². The lowest BCUT2D eigenvalue weighted by Gasteiger charge is -2.24. The molecule has 0 bridgehead atoms. The summed E-state index contributed by atoms with van der Waals surface area (Å²) in [5.74, 6) is -0.358. The van der Waals surface area contributed by atoms with Crippen LogP contribution < -0.4 is 5.32 Å². The number of carbonyl (C=O) groups excluding carboxylic acids is 2. The number of carbonyl (C=O) groups is 2. The number of nitrogens with one attached hydrogen (secondary N) is 1. The third kappa shape index (κ3) is 6.22. The Morgan fingerprint density at radius 3 is 2.32 bits per heavy atom. The molecule has 0 spiro atoms. The second-order valence-corrected chi connectivity index (χ2v) is 9.23. The van der Waals surface area contributed by atoms with Crippen LogP contribution in [-0.2, 0) is 17.9 Å². The lowest BCUT2D eigenvalue weighted by atomic mass is 10.1. The summed E-state index contributed by atoms with van der Waals surface area (Å²) in [7, 11) is 2.10. The highest BCUT2D eigenvalue weighted by molar-refractivity contribution is 6.35. The van der Waals surface area contributed by atoms with Crippen LogP contribution in [0.15, 0.2) is 42.5 Å². The van der Waals surface area contributed by atoms with Gasteiger partial charge in [-0.15, -0.1) is 0 Å². The summed E-state index contributed by atoms with van der Waals surface area (Å²) < 4.78 is 0. The van der Waals surface area contributed by atoms with E-state index in [2.05, 4.69) is 43.2 Å². The van der Waals surface area contributed by atoms with Gasteiger partial charge in [-0.2, -0.15) is 0 Å². The maximum absolute atomic E-state index is 12.9.